The summed E-state index contributed by atoms with van der Waals surface area (Å²) >= 11 is 6.23. The summed E-state index contributed by atoms with van der Waals surface area (Å²) in [5.41, 5.74) is 2.77. The smallest absolute Gasteiger partial charge is 0.247 e. The minimum absolute atomic E-state index is 0.315. The molecule has 0 atom stereocenters. The van der Waals surface area contributed by atoms with Crippen LogP contribution in [0.1, 0.15) is 0 Å². The number of hydrogen-bond donors (Lipinski definition) is 3. The van der Waals surface area contributed by atoms with E-state index >= 15 is 0 Å². The summed E-state index contributed by atoms with van der Waals surface area (Å²) in [6.07, 6.45) is 2.67. The highest BCUT2D eigenvalue weighted by Gasteiger charge is 2.16. The molecule has 11 heteroatoms. The number of rotatable bonds is 12. The molecule has 0 fully saturated rings. The number of aromatic nitrogens is 2. The summed E-state index contributed by atoms with van der Waals surface area (Å²) in [6.45, 7) is 5.15. The van der Waals surface area contributed by atoms with Crippen LogP contribution in [0.3, 0.4) is 0 Å². The fraction of sp³-hybridized carbons (Fsp3) is 0.269. The molecule has 0 radical (unpaired) electrons. The second kappa shape index (κ2) is 12.8. The zero-order chi connectivity index (χ0) is 26.9. The Morgan fingerprint density at radius 2 is 1.68 bits per heavy atom. The Bertz CT molecular complexity index is 1250. The van der Waals surface area contributed by atoms with Crippen molar-refractivity contribution >= 4 is 51.9 Å². The molecular weight excluding hydrogens is 494 g/mol. The zero-order valence-electron chi connectivity index (χ0n) is 21.6. The van der Waals surface area contributed by atoms with E-state index < -0.39 is 0 Å². The molecule has 3 N–H and O–H groups in total. The molecule has 37 heavy (non-hydrogen) atoms. The van der Waals surface area contributed by atoms with Gasteiger partial charge in [0.25, 0.3) is 0 Å². The maximum Gasteiger partial charge on any atom is 0.247 e. The Morgan fingerprint density at radius 1 is 0.973 bits per heavy atom. The van der Waals surface area contributed by atoms with Crippen molar-refractivity contribution in [3.05, 3.63) is 60.4 Å². The van der Waals surface area contributed by atoms with E-state index in [4.69, 9.17) is 21.1 Å². The van der Waals surface area contributed by atoms with Gasteiger partial charge < -0.3 is 35.2 Å². The van der Waals surface area contributed by atoms with Crippen molar-refractivity contribution in [3.63, 3.8) is 0 Å². The summed E-state index contributed by atoms with van der Waals surface area (Å²) in [7, 11) is 9.13. The van der Waals surface area contributed by atoms with Gasteiger partial charge in [0.05, 0.1) is 36.3 Å². The lowest BCUT2D eigenvalue weighted by Gasteiger charge is -2.26. The molecule has 1 heterocycles. The van der Waals surface area contributed by atoms with Gasteiger partial charge in [-0.1, -0.05) is 18.2 Å². The van der Waals surface area contributed by atoms with Crippen LogP contribution in [0.15, 0.2) is 55.4 Å². The first-order valence-corrected chi connectivity index (χ1v) is 11.8. The molecule has 3 aromatic rings. The maximum atomic E-state index is 12.2. The number of nitrogens with one attached hydrogen (secondary N) is 3. The third-order valence-electron chi connectivity index (χ3n) is 5.41. The van der Waals surface area contributed by atoms with Crippen molar-refractivity contribution in [2.24, 2.45) is 0 Å². The van der Waals surface area contributed by atoms with Crippen LogP contribution in [0.4, 0.5) is 34.4 Å². The van der Waals surface area contributed by atoms with E-state index in [1.807, 2.05) is 33.3 Å². The van der Waals surface area contributed by atoms with Crippen LogP contribution in [-0.4, -0.2) is 69.2 Å². The molecule has 1 amide bonds. The Hall–Kier alpha value is -4.02. The molecule has 196 valence electrons. The van der Waals surface area contributed by atoms with Crippen LogP contribution < -0.4 is 30.3 Å². The van der Waals surface area contributed by atoms with E-state index in [-0.39, 0.29) is 5.91 Å². The highest BCUT2D eigenvalue weighted by Crippen LogP contribution is 2.38. The minimum Gasteiger partial charge on any atom is -0.495 e. The lowest BCUT2D eigenvalue weighted by atomic mass is 10.2. The van der Waals surface area contributed by atoms with E-state index in [0.717, 1.165) is 24.5 Å². The molecule has 3 rings (SSSR count). The standard InChI is InChI=1S/C26H32ClN7O3/c1-7-26(35)32-19-13-20(23(37-6)14-21(19)34(4)11-10-33(2)3)31-25-15-24(28-16-29-25)30-17-8-9-22(36-5)18(27)12-17/h7-9,12-16H,1,10-11H2,2-6H3,(H,32,35)(H2,28,29,30,31). The Kier molecular flexibility index (Phi) is 9.53. The topological polar surface area (TPSA) is 104 Å². The van der Waals surface area contributed by atoms with Crippen LogP contribution in [0.5, 0.6) is 11.5 Å². The molecule has 0 aliphatic rings. The number of likely N-dealkylation sites (N-methyl/N-ethyl adjacent to an activating group) is 2. The number of amides is 1. The van der Waals surface area contributed by atoms with Crippen molar-refractivity contribution in [2.75, 3.05) is 69.3 Å². The monoisotopic (exact) mass is 525 g/mol. The largest absolute Gasteiger partial charge is 0.495 e. The lowest BCUT2D eigenvalue weighted by Crippen LogP contribution is -2.29. The maximum absolute atomic E-state index is 12.2. The van der Waals surface area contributed by atoms with Crippen LogP contribution in [0.25, 0.3) is 0 Å². The molecular formula is C26H32ClN7O3. The number of benzene rings is 2. The molecule has 0 aliphatic carbocycles. The highest BCUT2D eigenvalue weighted by atomic mass is 35.5. The van der Waals surface area contributed by atoms with Crippen LogP contribution in [-0.2, 0) is 4.79 Å². The Morgan fingerprint density at radius 3 is 2.30 bits per heavy atom. The number of methoxy groups -OCH3 is 2. The first-order chi connectivity index (χ1) is 17.7. The van der Waals surface area contributed by atoms with Crippen molar-refractivity contribution in [2.45, 2.75) is 0 Å². The van der Waals surface area contributed by atoms with E-state index in [0.29, 0.717) is 39.5 Å². The van der Waals surface area contributed by atoms with Gasteiger partial charge in [-0.2, -0.15) is 0 Å². The summed E-state index contributed by atoms with van der Waals surface area (Å²) in [5.74, 6) is 1.92. The van der Waals surface area contributed by atoms with Gasteiger partial charge in [0, 0.05) is 38.0 Å². The van der Waals surface area contributed by atoms with Gasteiger partial charge in [0.15, 0.2) is 0 Å². The number of ether oxygens (including phenoxy) is 2. The van der Waals surface area contributed by atoms with E-state index in [1.165, 1.54) is 12.4 Å². The second-order valence-electron chi connectivity index (χ2n) is 8.38. The predicted octanol–water partition coefficient (Wildman–Crippen LogP) is 4.76. The number of carbonyl (C=O) groups is 1. The molecule has 0 aliphatic heterocycles. The van der Waals surface area contributed by atoms with Gasteiger partial charge >= 0.3 is 0 Å². The van der Waals surface area contributed by atoms with Crippen molar-refractivity contribution < 1.29 is 14.3 Å². The van der Waals surface area contributed by atoms with Gasteiger partial charge in [-0.15, -0.1) is 0 Å². The number of carbonyl (C=O) groups excluding carboxylic acids is 1. The van der Waals surface area contributed by atoms with Crippen molar-refractivity contribution in [1.29, 1.82) is 0 Å². The Balaban J connectivity index is 1.90. The third-order valence-corrected chi connectivity index (χ3v) is 5.70. The molecule has 2 aromatic carbocycles. The molecule has 0 spiro atoms. The lowest BCUT2D eigenvalue weighted by molar-refractivity contribution is -0.111. The SMILES string of the molecule is C=CC(=O)Nc1cc(Nc2cc(Nc3ccc(OC)c(Cl)c3)ncn2)c(OC)cc1N(C)CCN(C)C. The predicted molar refractivity (Wildman–Crippen MR) is 150 cm³/mol. The van der Waals surface area contributed by atoms with Crippen LogP contribution >= 0.6 is 11.6 Å². The van der Waals surface area contributed by atoms with E-state index in [2.05, 4.69) is 42.3 Å². The van der Waals surface area contributed by atoms with Gasteiger partial charge in [0.1, 0.15) is 29.5 Å². The zero-order valence-corrected chi connectivity index (χ0v) is 22.4. The molecule has 0 saturated heterocycles. The fourth-order valence-electron chi connectivity index (χ4n) is 3.43. The van der Waals surface area contributed by atoms with Gasteiger partial charge in [-0.05, 0) is 44.4 Å². The van der Waals surface area contributed by atoms with Gasteiger partial charge in [-0.25, -0.2) is 9.97 Å². The van der Waals surface area contributed by atoms with Crippen LogP contribution in [0, 0.1) is 0 Å². The summed E-state index contributed by atoms with van der Waals surface area (Å²) in [4.78, 5) is 24.9. The average Bonchev–Trinajstić information content (AvgIpc) is 2.87. The first kappa shape index (κ1) is 27.6. The second-order valence-corrected chi connectivity index (χ2v) is 8.78. The number of hydrogen-bond acceptors (Lipinski definition) is 9. The van der Waals surface area contributed by atoms with E-state index in [1.54, 1.807) is 38.5 Å². The third kappa shape index (κ3) is 7.48. The molecule has 0 saturated carbocycles. The van der Waals surface area contributed by atoms with Crippen molar-refractivity contribution in [3.8, 4) is 11.5 Å². The normalized spacial score (nSPS) is 10.6. The average molecular weight is 526 g/mol. The number of nitrogens with zero attached hydrogens (tertiary/aromatic N) is 4. The summed E-state index contributed by atoms with van der Waals surface area (Å²) < 4.78 is 10.9. The van der Waals surface area contributed by atoms with E-state index in [9.17, 15) is 4.79 Å². The summed E-state index contributed by atoms with van der Waals surface area (Å²) in [6, 6.07) is 10.8. The van der Waals surface area contributed by atoms with Crippen LogP contribution in [0.2, 0.25) is 5.02 Å². The molecule has 1 aromatic heterocycles. The van der Waals surface area contributed by atoms with Gasteiger partial charge in [0.2, 0.25) is 5.91 Å². The minimum atomic E-state index is -0.315. The Labute approximate surface area is 222 Å². The number of anilines is 6. The quantitative estimate of drug-likeness (QED) is 0.289. The number of halogens is 1. The highest BCUT2D eigenvalue weighted by molar-refractivity contribution is 6.32. The summed E-state index contributed by atoms with van der Waals surface area (Å²) in [5, 5.41) is 9.83. The molecule has 0 bridgehead atoms. The molecule has 10 nitrogen and oxygen atoms in total. The van der Waals surface area contributed by atoms with Crippen molar-refractivity contribution in [1.82, 2.24) is 14.9 Å². The first-order valence-electron chi connectivity index (χ1n) is 11.4. The van der Waals surface area contributed by atoms with Gasteiger partial charge in [-0.3, -0.25) is 4.79 Å². The fourth-order valence-corrected chi connectivity index (χ4v) is 3.69. The molecule has 0 unspecified atom stereocenters.